The van der Waals surface area contributed by atoms with Crippen LogP contribution in [0.5, 0.6) is 5.75 Å². The maximum atomic E-state index is 10.9. The van der Waals surface area contributed by atoms with Crippen molar-refractivity contribution < 1.29 is 14.6 Å². The van der Waals surface area contributed by atoms with Gasteiger partial charge < -0.3 is 9.84 Å². The zero-order valence-corrected chi connectivity index (χ0v) is 13.5. The molecular weight excluding hydrogens is 280 g/mol. The Labute approximate surface area is 129 Å². The molecule has 0 amide bonds. The van der Waals surface area contributed by atoms with Crippen LogP contribution >= 0.6 is 0 Å². The monoisotopic (exact) mass is 300 g/mol. The van der Waals surface area contributed by atoms with E-state index in [2.05, 4.69) is 5.10 Å². The number of carboxylic acids is 1. The molecule has 116 valence electrons. The van der Waals surface area contributed by atoms with Crippen molar-refractivity contribution in [2.45, 2.75) is 20.8 Å². The predicted molar refractivity (Wildman–Crippen MR) is 86.0 cm³/mol. The molecule has 0 radical (unpaired) electrons. The molecule has 1 N–H and O–H groups in total. The molecule has 0 aliphatic heterocycles. The number of allylic oxidation sites excluding steroid dienone is 1. The normalized spacial score (nSPS) is 11.6. The molecule has 0 unspecified atom stereocenters. The highest BCUT2D eigenvalue weighted by Crippen LogP contribution is 2.36. The van der Waals surface area contributed by atoms with Crippen LogP contribution in [0.2, 0.25) is 0 Å². The third-order valence-corrected chi connectivity index (χ3v) is 3.77. The van der Waals surface area contributed by atoms with Gasteiger partial charge in [-0.15, -0.1) is 0 Å². The van der Waals surface area contributed by atoms with Gasteiger partial charge in [0, 0.05) is 29.9 Å². The highest BCUT2D eigenvalue weighted by molar-refractivity contribution is 5.90. The second kappa shape index (κ2) is 6.05. The minimum absolute atomic E-state index is 0.690. The Balaban J connectivity index is 2.66. The molecule has 5 nitrogen and oxygen atoms in total. The Morgan fingerprint density at radius 2 is 2.05 bits per heavy atom. The molecular formula is C17H20N2O3. The maximum Gasteiger partial charge on any atom is 0.328 e. The Morgan fingerprint density at radius 1 is 1.36 bits per heavy atom. The van der Waals surface area contributed by atoms with Gasteiger partial charge in [-0.25, -0.2) is 4.79 Å². The van der Waals surface area contributed by atoms with Crippen LogP contribution in [0.15, 0.2) is 24.3 Å². The summed E-state index contributed by atoms with van der Waals surface area (Å²) in [6.07, 6.45) is 1.20. The van der Waals surface area contributed by atoms with Crippen LogP contribution in [0.4, 0.5) is 0 Å². The van der Waals surface area contributed by atoms with Gasteiger partial charge in [0.1, 0.15) is 5.75 Å². The number of ether oxygens (including phenoxy) is 1. The SMILES string of the molecule is COc1ccc(/C(C)=C/C(=O)O)cc1-c1c(C)nn(C)c1C. The first kappa shape index (κ1) is 15.8. The van der Waals surface area contributed by atoms with Gasteiger partial charge in [0.2, 0.25) is 0 Å². The molecule has 0 bridgehead atoms. The van der Waals surface area contributed by atoms with E-state index >= 15 is 0 Å². The topological polar surface area (TPSA) is 64.3 Å². The lowest BCUT2D eigenvalue weighted by molar-refractivity contribution is -0.131. The Bertz CT molecular complexity index is 758. The minimum Gasteiger partial charge on any atom is -0.496 e. The molecule has 1 aromatic heterocycles. The molecule has 0 atom stereocenters. The number of aryl methyl sites for hydroxylation is 2. The standard InChI is InChI=1S/C17H20N2O3/c1-10(8-16(20)21)13-6-7-15(22-5)14(9-13)17-11(2)18-19(4)12(17)3/h6-9H,1-5H3,(H,20,21)/b10-8+. The summed E-state index contributed by atoms with van der Waals surface area (Å²) < 4.78 is 7.29. The number of methoxy groups -OCH3 is 1. The number of rotatable bonds is 4. The van der Waals surface area contributed by atoms with Gasteiger partial charge in [0.15, 0.2) is 0 Å². The summed E-state index contributed by atoms with van der Waals surface area (Å²) in [6, 6.07) is 5.67. The number of aromatic nitrogens is 2. The molecule has 5 heteroatoms. The van der Waals surface area contributed by atoms with E-state index in [1.165, 1.54) is 6.08 Å². The third-order valence-electron chi connectivity index (χ3n) is 3.77. The van der Waals surface area contributed by atoms with E-state index < -0.39 is 5.97 Å². The van der Waals surface area contributed by atoms with Crippen LogP contribution in [0, 0.1) is 13.8 Å². The first-order valence-electron chi connectivity index (χ1n) is 6.95. The molecule has 0 saturated carbocycles. The van der Waals surface area contributed by atoms with Crippen LogP contribution in [0.1, 0.15) is 23.9 Å². The van der Waals surface area contributed by atoms with Crippen LogP contribution in [-0.2, 0) is 11.8 Å². The smallest absolute Gasteiger partial charge is 0.328 e. The van der Waals surface area contributed by atoms with Crippen molar-refractivity contribution in [1.29, 1.82) is 0 Å². The fraction of sp³-hybridized carbons (Fsp3) is 0.294. The molecule has 0 fully saturated rings. The second-order valence-corrected chi connectivity index (χ2v) is 5.25. The van der Waals surface area contributed by atoms with Gasteiger partial charge >= 0.3 is 5.97 Å². The minimum atomic E-state index is -0.955. The van der Waals surface area contributed by atoms with Gasteiger partial charge in [-0.1, -0.05) is 6.07 Å². The van der Waals surface area contributed by atoms with E-state index in [1.807, 2.05) is 43.8 Å². The number of carbonyl (C=O) groups is 1. The quantitative estimate of drug-likeness (QED) is 0.881. The molecule has 0 aliphatic carbocycles. The molecule has 2 rings (SSSR count). The maximum absolute atomic E-state index is 10.9. The van der Waals surface area contributed by atoms with Crippen LogP contribution < -0.4 is 4.74 Å². The molecule has 0 aliphatic rings. The van der Waals surface area contributed by atoms with Crippen molar-refractivity contribution in [3.05, 3.63) is 41.2 Å². The number of benzene rings is 1. The number of nitrogens with zero attached hydrogens (tertiary/aromatic N) is 2. The Kier molecular flexibility index (Phi) is 4.35. The van der Waals surface area contributed by atoms with E-state index in [-0.39, 0.29) is 0 Å². The Hall–Kier alpha value is -2.56. The van der Waals surface area contributed by atoms with E-state index in [1.54, 1.807) is 14.0 Å². The van der Waals surface area contributed by atoms with Gasteiger partial charge in [0.05, 0.1) is 12.8 Å². The third kappa shape index (κ3) is 2.88. The molecule has 0 saturated heterocycles. The number of carboxylic acid groups (broad SMARTS) is 1. The van der Waals surface area contributed by atoms with E-state index in [0.717, 1.165) is 33.8 Å². The van der Waals surface area contributed by atoms with Crippen molar-refractivity contribution >= 4 is 11.5 Å². The van der Waals surface area contributed by atoms with Crippen molar-refractivity contribution in [2.75, 3.05) is 7.11 Å². The zero-order chi connectivity index (χ0) is 16.4. The average Bonchev–Trinajstić information content (AvgIpc) is 2.70. The lowest BCUT2D eigenvalue weighted by Crippen LogP contribution is -1.95. The molecule has 22 heavy (non-hydrogen) atoms. The molecule has 1 aromatic carbocycles. The lowest BCUT2D eigenvalue weighted by Gasteiger charge is -2.12. The second-order valence-electron chi connectivity index (χ2n) is 5.25. The highest BCUT2D eigenvalue weighted by atomic mass is 16.5. The van der Waals surface area contributed by atoms with Gasteiger partial charge in [-0.2, -0.15) is 5.10 Å². The zero-order valence-electron chi connectivity index (χ0n) is 13.5. The fourth-order valence-electron chi connectivity index (χ4n) is 2.58. The van der Waals surface area contributed by atoms with Crippen molar-refractivity contribution in [1.82, 2.24) is 9.78 Å². The van der Waals surface area contributed by atoms with Gasteiger partial charge in [0.25, 0.3) is 0 Å². The summed E-state index contributed by atoms with van der Waals surface area (Å²) >= 11 is 0. The van der Waals surface area contributed by atoms with Crippen LogP contribution in [0.25, 0.3) is 16.7 Å². The summed E-state index contributed by atoms with van der Waals surface area (Å²) in [4.78, 5) is 10.9. The number of aliphatic carboxylic acids is 1. The largest absolute Gasteiger partial charge is 0.496 e. The first-order valence-corrected chi connectivity index (χ1v) is 6.95. The Morgan fingerprint density at radius 3 is 2.55 bits per heavy atom. The molecule has 1 heterocycles. The highest BCUT2D eigenvalue weighted by Gasteiger charge is 2.16. The average molecular weight is 300 g/mol. The molecule has 2 aromatic rings. The number of hydrogen-bond acceptors (Lipinski definition) is 3. The van der Waals surface area contributed by atoms with Gasteiger partial charge in [-0.05, 0) is 44.0 Å². The lowest BCUT2D eigenvalue weighted by atomic mass is 9.97. The van der Waals surface area contributed by atoms with Crippen LogP contribution in [0.3, 0.4) is 0 Å². The van der Waals surface area contributed by atoms with Crippen molar-refractivity contribution in [2.24, 2.45) is 7.05 Å². The summed E-state index contributed by atoms with van der Waals surface area (Å²) in [5, 5.41) is 13.3. The summed E-state index contributed by atoms with van der Waals surface area (Å²) in [5.74, 6) is -0.213. The summed E-state index contributed by atoms with van der Waals surface area (Å²) in [5.41, 5.74) is 5.42. The first-order chi connectivity index (χ1) is 10.3. The number of hydrogen-bond donors (Lipinski definition) is 1. The van der Waals surface area contributed by atoms with Crippen LogP contribution in [-0.4, -0.2) is 28.0 Å². The van der Waals surface area contributed by atoms with E-state index in [4.69, 9.17) is 9.84 Å². The van der Waals surface area contributed by atoms with Crippen molar-refractivity contribution in [3.63, 3.8) is 0 Å². The summed E-state index contributed by atoms with van der Waals surface area (Å²) in [6.45, 7) is 5.73. The predicted octanol–water partition coefficient (Wildman–Crippen LogP) is 3.20. The van der Waals surface area contributed by atoms with Crippen molar-refractivity contribution in [3.8, 4) is 16.9 Å². The fourth-order valence-corrected chi connectivity index (χ4v) is 2.58. The summed E-state index contributed by atoms with van der Waals surface area (Å²) in [7, 11) is 3.53. The van der Waals surface area contributed by atoms with E-state index in [0.29, 0.717) is 5.57 Å². The van der Waals surface area contributed by atoms with Gasteiger partial charge in [-0.3, -0.25) is 4.68 Å². The van der Waals surface area contributed by atoms with E-state index in [9.17, 15) is 4.79 Å². The molecule has 0 spiro atoms.